The number of nitrogens with one attached hydrogen (secondary N) is 1. The molecule has 1 aromatic heterocycles. The summed E-state index contributed by atoms with van der Waals surface area (Å²) in [7, 11) is 0. The summed E-state index contributed by atoms with van der Waals surface area (Å²) in [5, 5.41) is 3.28. The van der Waals surface area contributed by atoms with Crippen molar-refractivity contribution in [2.24, 2.45) is 0 Å². The lowest BCUT2D eigenvalue weighted by Crippen LogP contribution is -2.24. The molecule has 2 aromatic carbocycles. The fraction of sp³-hybridized carbons (Fsp3) is 0.150. The molecule has 1 unspecified atom stereocenters. The second-order valence-corrected chi connectivity index (χ2v) is 6.64. The summed E-state index contributed by atoms with van der Waals surface area (Å²) >= 11 is 1.36. The minimum Gasteiger partial charge on any atom is -0.457 e. The van der Waals surface area contributed by atoms with Gasteiger partial charge in [-0.25, -0.2) is 9.97 Å². The van der Waals surface area contributed by atoms with E-state index in [1.54, 1.807) is 18.5 Å². The van der Waals surface area contributed by atoms with E-state index in [0.29, 0.717) is 17.3 Å². The van der Waals surface area contributed by atoms with Gasteiger partial charge in [-0.2, -0.15) is 0 Å². The molecule has 1 N–H and O–H groups in total. The first-order valence-electron chi connectivity index (χ1n) is 8.32. The number of nitrogens with zero attached hydrogens (tertiary/aromatic N) is 2. The molecular weight excluding hydrogens is 346 g/mol. The van der Waals surface area contributed by atoms with Crippen LogP contribution in [0.3, 0.4) is 0 Å². The Morgan fingerprint density at radius 1 is 1.00 bits per heavy atom. The zero-order chi connectivity index (χ0) is 18.2. The van der Waals surface area contributed by atoms with Crippen LogP contribution in [0.2, 0.25) is 0 Å². The lowest BCUT2D eigenvalue weighted by atomic mass is 10.2. The number of anilines is 1. The Bertz CT molecular complexity index is 827. The molecule has 132 valence electrons. The Morgan fingerprint density at radius 3 is 2.31 bits per heavy atom. The maximum Gasteiger partial charge on any atom is 0.237 e. The van der Waals surface area contributed by atoms with Crippen molar-refractivity contribution >= 4 is 23.4 Å². The molecule has 6 heteroatoms. The van der Waals surface area contributed by atoms with Crippen LogP contribution >= 0.6 is 11.8 Å². The van der Waals surface area contributed by atoms with Crippen LogP contribution in [0.1, 0.15) is 13.3 Å². The van der Waals surface area contributed by atoms with Crippen molar-refractivity contribution in [1.82, 2.24) is 9.97 Å². The van der Waals surface area contributed by atoms with Crippen LogP contribution in [0.15, 0.2) is 78.2 Å². The van der Waals surface area contributed by atoms with Gasteiger partial charge in [0.2, 0.25) is 5.91 Å². The van der Waals surface area contributed by atoms with Crippen molar-refractivity contribution < 1.29 is 9.53 Å². The number of thioether (sulfide) groups is 1. The van der Waals surface area contributed by atoms with Crippen LogP contribution in [0, 0.1) is 0 Å². The summed E-state index contributed by atoms with van der Waals surface area (Å²) in [4.78, 5) is 20.8. The number of rotatable bonds is 7. The van der Waals surface area contributed by atoms with Crippen molar-refractivity contribution in [2.75, 3.05) is 5.32 Å². The summed E-state index contributed by atoms with van der Waals surface area (Å²) in [6.45, 7) is 1.97. The maximum absolute atomic E-state index is 12.5. The summed E-state index contributed by atoms with van der Waals surface area (Å²) in [6, 6.07) is 18.6. The van der Waals surface area contributed by atoms with E-state index in [4.69, 9.17) is 4.74 Å². The first-order chi connectivity index (χ1) is 12.7. The standard InChI is InChI=1S/C20H19N3O2S/c1-2-18(26-20-21-13-6-14-22-20)19(24)23-15-9-11-17(12-10-15)25-16-7-4-3-5-8-16/h3-14,18H,2H2,1H3,(H,23,24). The van der Waals surface area contributed by atoms with Gasteiger partial charge in [0.1, 0.15) is 11.5 Å². The summed E-state index contributed by atoms with van der Waals surface area (Å²) in [5.41, 5.74) is 0.725. The van der Waals surface area contributed by atoms with Crippen molar-refractivity contribution in [3.05, 3.63) is 73.1 Å². The Morgan fingerprint density at radius 2 is 1.65 bits per heavy atom. The summed E-state index contributed by atoms with van der Waals surface area (Å²) in [5.74, 6) is 1.42. The van der Waals surface area contributed by atoms with Crippen LogP contribution in [-0.4, -0.2) is 21.1 Å². The van der Waals surface area contributed by atoms with Crippen LogP contribution in [0.5, 0.6) is 11.5 Å². The maximum atomic E-state index is 12.5. The number of carbonyl (C=O) groups excluding carboxylic acids is 1. The lowest BCUT2D eigenvalue weighted by Gasteiger charge is -2.14. The van der Waals surface area contributed by atoms with Crippen LogP contribution in [0.4, 0.5) is 5.69 Å². The number of ether oxygens (including phenoxy) is 1. The highest BCUT2D eigenvalue weighted by atomic mass is 32.2. The van der Waals surface area contributed by atoms with Crippen molar-refractivity contribution in [3.63, 3.8) is 0 Å². The van der Waals surface area contributed by atoms with E-state index in [0.717, 1.165) is 11.4 Å². The molecule has 0 aliphatic heterocycles. The van der Waals surface area contributed by atoms with Gasteiger partial charge in [0, 0.05) is 18.1 Å². The molecule has 0 aliphatic rings. The quantitative estimate of drug-likeness (QED) is 0.482. The molecule has 3 aromatic rings. The number of amides is 1. The number of benzene rings is 2. The minimum absolute atomic E-state index is 0.0679. The van der Waals surface area contributed by atoms with Crippen LogP contribution in [0.25, 0.3) is 0 Å². The second-order valence-electron chi connectivity index (χ2n) is 5.47. The van der Waals surface area contributed by atoms with E-state index in [9.17, 15) is 4.79 Å². The molecule has 26 heavy (non-hydrogen) atoms. The third-order valence-corrected chi connectivity index (χ3v) is 4.81. The van der Waals surface area contributed by atoms with Gasteiger partial charge in [-0.1, -0.05) is 36.9 Å². The van der Waals surface area contributed by atoms with E-state index in [2.05, 4.69) is 15.3 Å². The largest absolute Gasteiger partial charge is 0.457 e. The van der Waals surface area contributed by atoms with Gasteiger partial charge in [-0.3, -0.25) is 4.79 Å². The van der Waals surface area contributed by atoms with Gasteiger partial charge in [-0.05, 0) is 48.9 Å². The average molecular weight is 365 g/mol. The normalized spacial score (nSPS) is 11.6. The van der Waals surface area contributed by atoms with E-state index < -0.39 is 0 Å². The molecule has 3 rings (SSSR count). The van der Waals surface area contributed by atoms with Gasteiger partial charge in [0.25, 0.3) is 0 Å². The second kappa shape index (κ2) is 9.01. The molecule has 1 heterocycles. The van der Waals surface area contributed by atoms with Crippen molar-refractivity contribution in [1.29, 1.82) is 0 Å². The predicted octanol–water partition coefficient (Wildman–Crippen LogP) is 4.78. The fourth-order valence-electron chi connectivity index (χ4n) is 2.25. The molecule has 1 atom stereocenters. The van der Waals surface area contributed by atoms with Gasteiger partial charge >= 0.3 is 0 Å². The van der Waals surface area contributed by atoms with Crippen LogP contribution in [-0.2, 0) is 4.79 Å². The first kappa shape index (κ1) is 17.9. The molecule has 0 radical (unpaired) electrons. The molecule has 0 aliphatic carbocycles. The Hall–Kier alpha value is -2.86. The lowest BCUT2D eigenvalue weighted by molar-refractivity contribution is -0.115. The summed E-state index contributed by atoms with van der Waals surface area (Å²) < 4.78 is 5.75. The SMILES string of the molecule is CCC(Sc1ncccn1)C(=O)Nc1ccc(Oc2ccccc2)cc1. The van der Waals surface area contributed by atoms with Crippen LogP contribution < -0.4 is 10.1 Å². The molecule has 5 nitrogen and oxygen atoms in total. The Kier molecular flexibility index (Phi) is 6.22. The molecule has 0 spiro atoms. The topological polar surface area (TPSA) is 64.1 Å². The number of carbonyl (C=O) groups is 1. The number of para-hydroxylation sites is 1. The Labute approximate surface area is 156 Å². The highest BCUT2D eigenvalue weighted by Gasteiger charge is 2.19. The monoisotopic (exact) mass is 365 g/mol. The van der Waals surface area contributed by atoms with Gasteiger partial charge in [0.15, 0.2) is 5.16 Å². The molecule has 0 saturated carbocycles. The molecule has 1 amide bonds. The number of hydrogen-bond acceptors (Lipinski definition) is 5. The van der Waals surface area contributed by atoms with E-state index in [-0.39, 0.29) is 11.2 Å². The number of aromatic nitrogens is 2. The predicted molar refractivity (Wildman–Crippen MR) is 104 cm³/mol. The van der Waals surface area contributed by atoms with Gasteiger partial charge in [0.05, 0.1) is 5.25 Å². The smallest absolute Gasteiger partial charge is 0.237 e. The molecule has 0 saturated heterocycles. The minimum atomic E-state index is -0.252. The zero-order valence-electron chi connectivity index (χ0n) is 14.3. The highest BCUT2D eigenvalue weighted by molar-refractivity contribution is 8.00. The first-order valence-corrected chi connectivity index (χ1v) is 9.20. The highest BCUT2D eigenvalue weighted by Crippen LogP contribution is 2.25. The number of hydrogen-bond donors (Lipinski definition) is 1. The summed E-state index contributed by atoms with van der Waals surface area (Å²) in [6.07, 6.45) is 4.03. The third kappa shape index (κ3) is 5.07. The Balaban J connectivity index is 1.59. The van der Waals surface area contributed by atoms with Crippen molar-refractivity contribution in [2.45, 2.75) is 23.8 Å². The average Bonchev–Trinajstić information content (AvgIpc) is 2.69. The van der Waals surface area contributed by atoms with Gasteiger partial charge < -0.3 is 10.1 Å². The molecule has 0 fully saturated rings. The van der Waals surface area contributed by atoms with E-state index >= 15 is 0 Å². The van der Waals surface area contributed by atoms with E-state index in [1.807, 2.05) is 61.5 Å². The van der Waals surface area contributed by atoms with Gasteiger partial charge in [-0.15, -0.1) is 0 Å². The zero-order valence-corrected chi connectivity index (χ0v) is 15.1. The third-order valence-electron chi connectivity index (χ3n) is 3.55. The van der Waals surface area contributed by atoms with Crippen molar-refractivity contribution in [3.8, 4) is 11.5 Å². The van der Waals surface area contributed by atoms with E-state index in [1.165, 1.54) is 11.8 Å². The molecule has 0 bridgehead atoms. The molecular formula is C20H19N3O2S. The fourth-order valence-corrected chi connectivity index (χ4v) is 3.08.